The van der Waals surface area contributed by atoms with Gasteiger partial charge in [-0.1, -0.05) is 41.4 Å². The zero-order valence-electron chi connectivity index (χ0n) is 19.4. The Morgan fingerprint density at radius 2 is 1.89 bits per heavy atom. The summed E-state index contributed by atoms with van der Waals surface area (Å²) in [5.41, 5.74) is 3.12. The Balaban J connectivity index is 1.84. The number of H-pyrrole nitrogens is 1. The summed E-state index contributed by atoms with van der Waals surface area (Å²) in [7, 11) is -3.89. The van der Waals surface area contributed by atoms with Crippen LogP contribution in [0, 0.1) is 6.92 Å². The number of fused-ring (bicyclic) bond motifs is 2. The number of aryl methyl sites for hydroxylation is 1. The summed E-state index contributed by atoms with van der Waals surface area (Å²) < 4.78 is 27.8. The average Bonchev–Trinajstić information content (AvgIpc) is 3.13. The molecular weight excluding hydrogens is 500 g/mol. The van der Waals surface area contributed by atoms with Gasteiger partial charge in [0.05, 0.1) is 23.3 Å². The van der Waals surface area contributed by atoms with Crippen LogP contribution in [0.4, 0.5) is 0 Å². The van der Waals surface area contributed by atoms with Gasteiger partial charge in [0.15, 0.2) is 0 Å². The molecule has 36 heavy (non-hydrogen) atoms. The number of nitrogens with zero attached hydrogens (tertiary/aromatic N) is 2. The molecule has 0 aliphatic heterocycles. The van der Waals surface area contributed by atoms with Gasteiger partial charge in [0, 0.05) is 45.4 Å². The molecule has 0 saturated carbocycles. The lowest BCUT2D eigenvalue weighted by Gasteiger charge is -2.14. The summed E-state index contributed by atoms with van der Waals surface area (Å²) in [4.78, 5) is 33.4. The monoisotopic (exact) mass is 520 g/mol. The third kappa shape index (κ3) is 4.27. The van der Waals surface area contributed by atoms with E-state index in [4.69, 9.17) is 11.6 Å². The molecule has 0 bridgehead atoms. The second-order valence-electron chi connectivity index (χ2n) is 8.56. The van der Waals surface area contributed by atoms with E-state index in [1.54, 1.807) is 22.9 Å². The van der Waals surface area contributed by atoms with Crippen LogP contribution < -0.4 is 10.3 Å². The standard InChI is InChI=1S/C26H21ClN4O4S/c1-15-9-10-21-19(12-15)22(18-7-5-11-28-25(18)32)24(26(33)30-36(2,34)35)31(21)14-16-13-29-20-8-4-3-6-17(20)23(16)27/h3-13H,14H2,1-2H3,(H,28,32)(H,30,33). The summed E-state index contributed by atoms with van der Waals surface area (Å²) in [5, 5.41) is 1.87. The largest absolute Gasteiger partial charge is 0.331 e. The zero-order chi connectivity index (χ0) is 25.6. The number of hydrogen-bond donors (Lipinski definition) is 2. The second-order valence-corrected chi connectivity index (χ2v) is 10.7. The van der Waals surface area contributed by atoms with Crippen molar-refractivity contribution in [3.63, 3.8) is 0 Å². The first-order chi connectivity index (χ1) is 17.1. The van der Waals surface area contributed by atoms with E-state index in [-0.39, 0.29) is 17.8 Å². The minimum Gasteiger partial charge on any atom is -0.331 e. The Bertz CT molecular complexity index is 1840. The van der Waals surface area contributed by atoms with E-state index in [1.807, 2.05) is 49.4 Å². The first-order valence-electron chi connectivity index (χ1n) is 11.0. The number of halogens is 1. The Kier molecular flexibility index (Phi) is 5.89. The van der Waals surface area contributed by atoms with Gasteiger partial charge in [-0.05, 0) is 37.3 Å². The predicted molar refractivity (Wildman–Crippen MR) is 141 cm³/mol. The van der Waals surface area contributed by atoms with Gasteiger partial charge in [-0.25, -0.2) is 13.1 Å². The Morgan fingerprint density at radius 3 is 2.64 bits per heavy atom. The van der Waals surface area contributed by atoms with Crippen LogP contribution in [-0.2, 0) is 16.6 Å². The lowest BCUT2D eigenvalue weighted by Crippen LogP contribution is -2.32. The smallest absolute Gasteiger partial charge is 0.282 e. The van der Waals surface area contributed by atoms with Crippen molar-refractivity contribution < 1.29 is 13.2 Å². The molecule has 2 aromatic carbocycles. The van der Waals surface area contributed by atoms with Gasteiger partial charge in [0.2, 0.25) is 10.0 Å². The lowest BCUT2D eigenvalue weighted by atomic mass is 10.0. The fraction of sp³-hybridized carbons (Fsp3) is 0.115. The zero-order valence-corrected chi connectivity index (χ0v) is 20.9. The maximum Gasteiger partial charge on any atom is 0.282 e. The molecule has 0 fully saturated rings. The molecule has 0 radical (unpaired) electrons. The van der Waals surface area contributed by atoms with E-state index < -0.39 is 21.5 Å². The highest BCUT2D eigenvalue weighted by molar-refractivity contribution is 7.89. The number of para-hydroxylation sites is 1. The minimum absolute atomic E-state index is 0.0296. The lowest BCUT2D eigenvalue weighted by molar-refractivity contribution is 0.0974. The topological polar surface area (TPSA) is 114 Å². The summed E-state index contributed by atoms with van der Waals surface area (Å²) >= 11 is 6.75. The highest BCUT2D eigenvalue weighted by atomic mass is 35.5. The third-order valence-corrected chi connectivity index (χ3v) is 6.91. The van der Waals surface area contributed by atoms with Crippen LogP contribution in [0.25, 0.3) is 32.9 Å². The molecule has 8 nitrogen and oxygen atoms in total. The molecule has 3 heterocycles. The van der Waals surface area contributed by atoms with E-state index in [0.717, 1.165) is 22.7 Å². The molecule has 10 heteroatoms. The number of pyridine rings is 2. The highest BCUT2D eigenvalue weighted by Crippen LogP contribution is 2.36. The molecule has 2 N–H and O–H groups in total. The van der Waals surface area contributed by atoms with Crippen molar-refractivity contribution in [1.82, 2.24) is 19.3 Å². The van der Waals surface area contributed by atoms with Crippen LogP contribution in [0.5, 0.6) is 0 Å². The van der Waals surface area contributed by atoms with Crippen LogP contribution in [0.2, 0.25) is 5.02 Å². The normalized spacial score (nSPS) is 11.8. The van der Waals surface area contributed by atoms with Crippen molar-refractivity contribution in [2.75, 3.05) is 6.26 Å². The number of benzene rings is 2. The Hall–Kier alpha value is -3.95. The van der Waals surface area contributed by atoms with Crippen molar-refractivity contribution in [2.45, 2.75) is 13.5 Å². The van der Waals surface area contributed by atoms with Gasteiger partial charge < -0.3 is 9.55 Å². The fourth-order valence-electron chi connectivity index (χ4n) is 4.41. The van der Waals surface area contributed by atoms with Gasteiger partial charge in [-0.3, -0.25) is 14.6 Å². The molecule has 3 aromatic heterocycles. The SMILES string of the molecule is Cc1ccc2c(c1)c(-c1ccc[nH]c1=O)c(C(=O)NS(C)(=O)=O)n2Cc1cnc2ccccc2c1Cl. The number of carbonyl (C=O) groups is 1. The first kappa shape index (κ1) is 23.8. The molecule has 0 aliphatic carbocycles. The molecule has 182 valence electrons. The van der Waals surface area contributed by atoms with Gasteiger partial charge in [0.1, 0.15) is 5.69 Å². The molecule has 1 amide bonds. The number of carbonyl (C=O) groups excluding carboxylic acids is 1. The van der Waals surface area contributed by atoms with Crippen molar-refractivity contribution >= 4 is 49.3 Å². The quantitative estimate of drug-likeness (QED) is 0.360. The highest BCUT2D eigenvalue weighted by Gasteiger charge is 2.27. The Labute approximate surface area is 211 Å². The van der Waals surface area contributed by atoms with E-state index in [1.165, 1.54) is 6.20 Å². The molecule has 0 saturated heterocycles. The van der Waals surface area contributed by atoms with Gasteiger partial charge in [-0.2, -0.15) is 0 Å². The average molecular weight is 521 g/mol. The molecule has 0 aliphatic rings. The molecule has 5 aromatic rings. The summed E-state index contributed by atoms with van der Waals surface area (Å²) in [6.07, 6.45) is 4.03. The molecule has 0 unspecified atom stereocenters. The molecule has 0 spiro atoms. The third-order valence-electron chi connectivity index (χ3n) is 5.91. The molecule has 5 rings (SSSR count). The summed E-state index contributed by atoms with van der Waals surface area (Å²) in [6.45, 7) is 2.02. The van der Waals surface area contributed by atoms with E-state index in [0.29, 0.717) is 27.1 Å². The minimum atomic E-state index is -3.89. The van der Waals surface area contributed by atoms with Gasteiger partial charge in [-0.15, -0.1) is 0 Å². The number of aromatic nitrogens is 3. The van der Waals surface area contributed by atoms with Gasteiger partial charge >= 0.3 is 0 Å². The first-order valence-corrected chi connectivity index (χ1v) is 13.3. The van der Waals surface area contributed by atoms with E-state index in [2.05, 4.69) is 14.7 Å². The maximum atomic E-state index is 13.5. The number of sulfonamides is 1. The number of nitrogens with one attached hydrogen (secondary N) is 2. The van der Waals surface area contributed by atoms with Crippen molar-refractivity contribution in [1.29, 1.82) is 0 Å². The number of hydrogen-bond acceptors (Lipinski definition) is 5. The predicted octanol–water partition coefficient (Wildman–Crippen LogP) is 4.24. The Morgan fingerprint density at radius 1 is 1.11 bits per heavy atom. The van der Waals surface area contributed by atoms with Crippen LogP contribution in [0.3, 0.4) is 0 Å². The van der Waals surface area contributed by atoms with Gasteiger partial charge in [0.25, 0.3) is 11.5 Å². The molecule has 0 atom stereocenters. The number of amides is 1. The van der Waals surface area contributed by atoms with E-state index >= 15 is 0 Å². The summed E-state index contributed by atoms with van der Waals surface area (Å²) in [6, 6.07) is 16.3. The van der Waals surface area contributed by atoms with Crippen LogP contribution >= 0.6 is 11.6 Å². The summed E-state index contributed by atoms with van der Waals surface area (Å²) in [5.74, 6) is -0.852. The van der Waals surface area contributed by atoms with Crippen molar-refractivity contribution in [3.05, 3.63) is 99.2 Å². The van der Waals surface area contributed by atoms with Crippen LogP contribution in [-0.4, -0.2) is 35.1 Å². The second kappa shape index (κ2) is 8.92. The van der Waals surface area contributed by atoms with E-state index in [9.17, 15) is 18.0 Å². The number of rotatable bonds is 5. The molecular formula is C26H21ClN4O4S. The number of aromatic amines is 1. The van der Waals surface area contributed by atoms with Crippen LogP contribution in [0.1, 0.15) is 21.6 Å². The van der Waals surface area contributed by atoms with Crippen molar-refractivity contribution in [2.24, 2.45) is 0 Å². The van der Waals surface area contributed by atoms with Crippen molar-refractivity contribution in [3.8, 4) is 11.1 Å². The maximum absolute atomic E-state index is 13.5. The van der Waals surface area contributed by atoms with Crippen LogP contribution in [0.15, 0.2) is 71.8 Å². The fourth-order valence-corrected chi connectivity index (χ4v) is 5.11.